The van der Waals surface area contributed by atoms with Crippen LogP contribution in [-0.2, 0) is 14.3 Å². The Bertz CT molecular complexity index is 923. The molecule has 0 bridgehead atoms. The lowest BCUT2D eigenvalue weighted by atomic mass is 9.93. The summed E-state index contributed by atoms with van der Waals surface area (Å²) in [5.41, 5.74) is -0.0415. The molecule has 0 aromatic heterocycles. The summed E-state index contributed by atoms with van der Waals surface area (Å²) in [6, 6.07) is 6.51. The molecule has 3 amide bonds. The molecule has 8 nitrogen and oxygen atoms in total. The van der Waals surface area contributed by atoms with E-state index in [9.17, 15) is 19.2 Å². The van der Waals surface area contributed by atoms with Crippen LogP contribution in [0.3, 0.4) is 0 Å². The molecule has 0 radical (unpaired) electrons. The second-order valence-corrected chi connectivity index (χ2v) is 10.3. The van der Waals surface area contributed by atoms with Gasteiger partial charge in [0.2, 0.25) is 4.38 Å². The lowest BCUT2D eigenvalue weighted by Crippen LogP contribution is -2.59. The van der Waals surface area contributed by atoms with Gasteiger partial charge in [0.15, 0.2) is 5.78 Å². The topological polar surface area (TPSA) is 93.2 Å². The fourth-order valence-electron chi connectivity index (χ4n) is 3.55. The van der Waals surface area contributed by atoms with E-state index in [0.29, 0.717) is 24.3 Å². The molecule has 0 N–H and O–H groups in total. The van der Waals surface area contributed by atoms with Crippen LogP contribution in [0.2, 0.25) is 0 Å². The molecule has 0 spiro atoms. The molecule has 0 saturated carbocycles. The summed E-state index contributed by atoms with van der Waals surface area (Å²) in [7, 11) is 0. The molecule has 0 aliphatic carbocycles. The number of Topliss-reactive ketones (excluding diaryl/α,β-unsaturated/α-hetero) is 1. The molecule has 1 aromatic carbocycles. The van der Waals surface area contributed by atoms with E-state index in [1.165, 1.54) is 16.7 Å². The van der Waals surface area contributed by atoms with Gasteiger partial charge in [-0.2, -0.15) is 0 Å². The minimum Gasteiger partial charge on any atom is -0.479 e. The number of hydrogen-bond donors (Lipinski definition) is 0. The van der Waals surface area contributed by atoms with Crippen LogP contribution in [0.4, 0.5) is 4.79 Å². The molecule has 1 aromatic rings. The van der Waals surface area contributed by atoms with Gasteiger partial charge in [-0.3, -0.25) is 24.2 Å². The van der Waals surface area contributed by atoms with E-state index in [0.717, 1.165) is 4.90 Å². The number of rotatable bonds is 6. The quantitative estimate of drug-likeness (QED) is 0.453. The zero-order valence-electron chi connectivity index (χ0n) is 18.5. The lowest BCUT2D eigenvalue weighted by Gasteiger charge is -2.47. The van der Waals surface area contributed by atoms with Crippen LogP contribution < -0.4 is 0 Å². The monoisotopic (exact) mass is 478 g/mol. The third-order valence-corrected chi connectivity index (χ3v) is 6.55. The second kappa shape index (κ2) is 9.58. The van der Waals surface area contributed by atoms with E-state index in [-0.39, 0.29) is 29.0 Å². The van der Waals surface area contributed by atoms with E-state index in [2.05, 4.69) is 0 Å². The van der Waals surface area contributed by atoms with Gasteiger partial charge < -0.3 is 9.47 Å². The number of fused-ring (bicyclic) bond motifs is 1. The highest BCUT2D eigenvalue weighted by Gasteiger charge is 2.46. The number of thioether (sulfide) groups is 1. The van der Waals surface area contributed by atoms with Crippen LogP contribution in [0, 0.1) is 5.92 Å². The Labute approximate surface area is 196 Å². The first-order valence-corrected chi connectivity index (χ1v) is 11.6. The van der Waals surface area contributed by atoms with Crippen molar-refractivity contribution in [3.05, 3.63) is 35.4 Å². The normalized spacial score (nSPS) is 20.0. The van der Waals surface area contributed by atoms with Crippen LogP contribution in [0.25, 0.3) is 0 Å². The first kappa shape index (κ1) is 24.2. The zero-order valence-corrected chi connectivity index (χ0v) is 20.1. The highest BCUT2D eigenvalue weighted by Crippen LogP contribution is 2.38. The van der Waals surface area contributed by atoms with Crippen molar-refractivity contribution in [1.82, 2.24) is 9.80 Å². The first-order chi connectivity index (χ1) is 15.0. The molecule has 32 heavy (non-hydrogen) atoms. The molecule has 3 rings (SSSR count). The van der Waals surface area contributed by atoms with Crippen LogP contribution in [-0.4, -0.2) is 68.5 Å². The highest BCUT2D eigenvalue weighted by molar-refractivity contribution is 8.23. The Morgan fingerprint density at radius 2 is 1.75 bits per heavy atom. The van der Waals surface area contributed by atoms with Gasteiger partial charge in [0.25, 0.3) is 11.8 Å². The SMILES string of the molecule is CCOC(=S)S[C@@H]1[C@@H](CC(=O)CN2C(=O)c3ccccc3C2=O)CN1C(=O)OC(C)(C)C. The van der Waals surface area contributed by atoms with Gasteiger partial charge in [0.1, 0.15) is 5.60 Å². The van der Waals surface area contributed by atoms with E-state index in [4.69, 9.17) is 21.7 Å². The van der Waals surface area contributed by atoms with Gasteiger partial charge in [-0.1, -0.05) is 23.9 Å². The van der Waals surface area contributed by atoms with Gasteiger partial charge in [-0.25, -0.2) is 4.79 Å². The number of imide groups is 1. The fraction of sp³-hybridized carbons (Fsp3) is 0.500. The molecule has 1 fully saturated rings. The zero-order chi connectivity index (χ0) is 23.6. The van der Waals surface area contributed by atoms with Crippen LogP contribution in [0.15, 0.2) is 24.3 Å². The fourth-order valence-corrected chi connectivity index (χ4v) is 5.02. The van der Waals surface area contributed by atoms with Gasteiger partial charge in [-0.15, -0.1) is 0 Å². The molecule has 2 aliphatic heterocycles. The summed E-state index contributed by atoms with van der Waals surface area (Å²) < 4.78 is 11.1. The number of benzene rings is 1. The maximum absolute atomic E-state index is 12.8. The largest absolute Gasteiger partial charge is 0.479 e. The number of ketones is 1. The average Bonchev–Trinajstić information content (AvgIpc) is 2.93. The lowest BCUT2D eigenvalue weighted by molar-refractivity contribution is -0.122. The summed E-state index contributed by atoms with van der Waals surface area (Å²) >= 11 is 6.40. The van der Waals surface area contributed by atoms with Crippen molar-refractivity contribution in [3.8, 4) is 0 Å². The van der Waals surface area contributed by atoms with Crippen molar-refractivity contribution in [1.29, 1.82) is 0 Å². The second-order valence-electron chi connectivity index (χ2n) is 8.57. The van der Waals surface area contributed by atoms with Crippen molar-refractivity contribution in [2.45, 2.75) is 45.1 Å². The van der Waals surface area contributed by atoms with Crippen molar-refractivity contribution in [3.63, 3.8) is 0 Å². The van der Waals surface area contributed by atoms with Crippen LogP contribution in [0.5, 0.6) is 0 Å². The van der Waals surface area contributed by atoms with Crippen molar-refractivity contribution in [2.75, 3.05) is 19.7 Å². The highest BCUT2D eigenvalue weighted by atomic mass is 32.2. The minimum atomic E-state index is -0.654. The number of carbonyl (C=O) groups is 4. The van der Waals surface area contributed by atoms with Crippen LogP contribution >= 0.6 is 24.0 Å². The van der Waals surface area contributed by atoms with Crippen molar-refractivity contribution < 1.29 is 28.7 Å². The standard InChI is InChI=1S/C22H26N2O6S2/c1-5-29-21(31)32-19-13(11-24(19)20(28)30-22(2,3)4)10-14(25)12-23-17(26)15-8-6-7-9-16(15)18(23)27/h6-9,13,19H,5,10-12H2,1-4H3/t13-,19+/m0/s1. The summed E-state index contributed by atoms with van der Waals surface area (Å²) in [6.45, 7) is 7.55. The summed E-state index contributed by atoms with van der Waals surface area (Å²) in [5.74, 6) is -1.40. The van der Waals surface area contributed by atoms with Crippen molar-refractivity contribution >= 4 is 52.1 Å². The van der Waals surface area contributed by atoms with Gasteiger partial charge >= 0.3 is 6.09 Å². The first-order valence-electron chi connectivity index (χ1n) is 10.3. The number of hydrogen-bond acceptors (Lipinski definition) is 8. The van der Waals surface area contributed by atoms with Gasteiger partial charge in [0, 0.05) is 18.9 Å². The van der Waals surface area contributed by atoms with Crippen molar-refractivity contribution in [2.24, 2.45) is 5.92 Å². The Hall–Kier alpha value is -2.46. The predicted octanol–water partition coefficient (Wildman–Crippen LogP) is 3.49. The maximum Gasteiger partial charge on any atom is 0.411 e. The molecule has 2 heterocycles. The molecule has 1 saturated heterocycles. The Morgan fingerprint density at radius 1 is 1.16 bits per heavy atom. The number of carbonyl (C=O) groups excluding carboxylic acids is 4. The van der Waals surface area contributed by atoms with Gasteiger partial charge in [-0.05, 0) is 52.0 Å². The number of thiocarbonyl (C=S) groups is 1. The minimum absolute atomic E-state index is 0.0963. The predicted molar refractivity (Wildman–Crippen MR) is 123 cm³/mol. The third-order valence-electron chi connectivity index (χ3n) is 4.95. The molecular weight excluding hydrogens is 452 g/mol. The Balaban J connectivity index is 1.64. The van der Waals surface area contributed by atoms with E-state index >= 15 is 0 Å². The molecule has 172 valence electrons. The molecule has 2 aliphatic rings. The molecule has 0 unspecified atom stereocenters. The van der Waals surface area contributed by atoms with E-state index < -0.39 is 28.9 Å². The van der Waals surface area contributed by atoms with Crippen LogP contribution in [0.1, 0.15) is 54.8 Å². The Kier molecular flexibility index (Phi) is 7.24. The molecule has 10 heteroatoms. The number of ether oxygens (including phenoxy) is 2. The average molecular weight is 479 g/mol. The molecular formula is C22H26N2O6S2. The summed E-state index contributed by atoms with van der Waals surface area (Å²) in [5, 5.41) is -0.421. The smallest absolute Gasteiger partial charge is 0.411 e. The number of likely N-dealkylation sites (tertiary alicyclic amines) is 1. The third kappa shape index (κ3) is 5.29. The van der Waals surface area contributed by atoms with E-state index in [1.807, 2.05) is 6.92 Å². The summed E-state index contributed by atoms with van der Waals surface area (Å²) in [4.78, 5) is 52.8. The molecule has 2 atom stereocenters. The number of nitrogens with zero attached hydrogens (tertiary/aromatic N) is 2. The number of amides is 3. The van der Waals surface area contributed by atoms with E-state index in [1.54, 1.807) is 45.0 Å². The Morgan fingerprint density at radius 3 is 2.28 bits per heavy atom. The summed E-state index contributed by atoms with van der Waals surface area (Å²) in [6.07, 6.45) is -0.391. The maximum atomic E-state index is 12.8. The van der Waals surface area contributed by atoms with Gasteiger partial charge in [0.05, 0.1) is 29.7 Å².